The van der Waals surface area contributed by atoms with Crippen molar-refractivity contribution >= 4 is 21.8 Å². The lowest BCUT2D eigenvalue weighted by molar-refractivity contribution is 0.0696. The molecule has 0 saturated heterocycles. The number of carbonyl (C=O) groups is 2. The van der Waals surface area contributed by atoms with Gasteiger partial charge in [0, 0.05) is 6.26 Å². The summed E-state index contributed by atoms with van der Waals surface area (Å²) in [5, 5.41) is 12.2. The minimum atomic E-state index is -3.57. The van der Waals surface area contributed by atoms with Crippen LogP contribution in [-0.4, -0.2) is 31.8 Å². The molecule has 184 valence electrons. The molecular weight excluding hydrogens is 464 g/mol. The van der Waals surface area contributed by atoms with Crippen LogP contribution in [0.25, 0.3) is 0 Å². The maximum absolute atomic E-state index is 12.5. The number of carboxylic acids is 1. The van der Waals surface area contributed by atoms with Gasteiger partial charge in [-0.1, -0.05) is 69.3 Å². The molecule has 0 aliphatic carbocycles. The Morgan fingerprint density at radius 1 is 0.829 bits per heavy atom. The van der Waals surface area contributed by atoms with Gasteiger partial charge in [-0.15, -0.1) is 0 Å². The second kappa shape index (κ2) is 9.19. The molecule has 3 aromatic rings. The monoisotopic (exact) mass is 494 g/mol. The highest BCUT2D eigenvalue weighted by Gasteiger charge is 2.39. The van der Waals surface area contributed by atoms with Crippen molar-refractivity contribution in [3.05, 3.63) is 100 Å². The second-order valence-electron chi connectivity index (χ2n) is 9.70. The predicted octanol–water partition coefficient (Wildman–Crippen LogP) is 4.35. The Labute approximate surface area is 205 Å². The summed E-state index contributed by atoms with van der Waals surface area (Å²) in [4.78, 5) is 24.0. The van der Waals surface area contributed by atoms with Crippen LogP contribution in [0.15, 0.2) is 71.6 Å². The van der Waals surface area contributed by atoms with Crippen molar-refractivity contribution < 1.29 is 23.1 Å². The van der Waals surface area contributed by atoms with Crippen LogP contribution < -0.4 is 11.1 Å². The van der Waals surface area contributed by atoms with Gasteiger partial charge in [-0.05, 0) is 58.4 Å². The maximum atomic E-state index is 12.5. The number of aryl methyl sites for hydroxylation is 1. The third-order valence-corrected chi connectivity index (χ3v) is 7.32. The van der Waals surface area contributed by atoms with Crippen molar-refractivity contribution in [3.63, 3.8) is 0 Å². The molecule has 4 N–H and O–H groups in total. The van der Waals surface area contributed by atoms with Gasteiger partial charge in [0.25, 0.3) is 0 Å². The summed E-state index contributed by atoms with van der Waals surface area (Å²) in [7, 11) is -3.57. The molecule has 0 heterocycles. The largest absolute Gasteiger partial charge is 0.478 e. The number of nitrogens with one attached hydrogen (secondary N) is 1. The molecular formula is C27H30N2O5S. The number of hydrogen-bond acceptors (Lipinski definition) is 4. The number of benzene rings is 3. The van der Waals surface area contributed by atoms with Crippen molar-refractivity contribution in [2.24, 2.45) is 5.73 Å². The lowest BCUT2D eigenvalue weighted by atomic mass is 9.75. The fourth-order valence-corrected chi connectivity index (χ4v) is 5.21. The first-order valence-corrected chi connectivity index (χ1v) is 12.9. The van der Waals surface area contributed by atoms with Crippen LogP contribution in [0.5, 0.6) is 0 Å². The van der Waals surface area contributed by atoms with Gasteiger partial charge in [0.05, 0.1) is 10.5 Å². The van der Waals surface area contributed by atoms with Crippen LogP contribution >= 0.6 is 0 Å². The minimum Gasteiger partial charge on any atom is -0.478 e. The van der Waals surface area contributed by atoms with Gasteiger partial charge < -0.3 is 16.2 Å². The summed E-state index contributed by atoms with van der Waals surface area (Å²) in [6.45, 7) is 7.95. The number of hydrogen-bond donors (Lipinski definition) is 3. The van der Waals surface area contributed by atoms with E-state index < -0.39 is 27.4 Å². The Kier molecular flexibility index (Phi) is 6.81. The van der Waals surface area contributed by atoms with Crippen LogP contribution in [0.2, 0.25) is 0 Å². The maximum Gasteiger partial charge on any atom is 0.335 e. The van der Waals surface area contributed by atoms with Gasteiger partial charge in [-0.25, -0.2) is 18.0 Å². The number of urea groups is 1. The Balaban J connectivity index is 2.42. The van der Waals surface area contributed by atoms with Crippen LogP contribution in [0.3, 0.4) is 0 Å². The van der Waals surface area contributed by atoms with Gasteiger partial charge >= 0.3 is 12.0 Å². The van der Waals surface area contributed by atoms with E-state index in [1.807, 2.05) is 24.3 Å². The topological polar surface area (TPSA) is 127 Å². The number of carbonyl (C=O) groups excluding carboxylic acids is 1. The number of carboxylic acid groups (broad SMARTS) is 1. The quantitative estimate of drug-likeness (QED) is 0.439. The number of primary amides is 1. The summed E-state index contributed by atoms with van der Waals surface area (Å²) in [5.41, 5.74) is 7.49. The molecule has 7 nitrogen and oxygen atoms in total. The van der Waals surface area contributed by atoms with E-state index in [-0.39, 0.29) is 15.9 Å². The average molecular weight is 495 g/mol. The fraction of sp³-hybridized carbons (Fsp3) is 0.259. The van der Waals surface area contributed by atoms with E-state index in [0.717, 1.165) is 11.8 Å². The van der Waals surface area contributed by atoms with Crippen molar-refractivity contribution in [1.82, 2.24) is 5.32 Å². The molecule has 2 amide bonds. The molecule has 0 aliphatic heterocycles. The lowest BCUT2D eigenvalue weighted by Gasteiger charge is -2.37. The van der Waals surface area contributed by atoms with Crippen LogP contribution in [0.1, 0.15) is 58.9 Å². The third-order valence-electron chi connectivity index (χ3n) is 6.08. The first kappa shape index (κ1) is 26.0. The van der Waals surface area contributed by atoms with E-state index in [4.69, 9.17) is 5.73 Å². The summed E-state index contributed by atoms with van der Waals surface area (Å²) in [5.74, 6) is -1.09. The van der Waals surface area contributed by atoms with Crippen LogP contribution in [-0.2, 0) is 20.8 Å². The summed E-state index contributed by atoms with van der Waals surface area (Å²) < 4.78 is 25.1. The average Bonchev–Trinajstić information content (AvgIpc) is 2.76. The van der Waals surface area contributed by atoms with Crippen molar-refractivity contribution in [2.45, 2.75) is 43.5 Å². The van der Waals surface area contributed by atoms with E-state index in [2.05, 4.69) is 26.1 Å². The molecule has 0 spiro atoms. The highest BCUT2D eigenvalue weighted by Crippen LogP contribution is 2.39. The van der Waals surface area contributed by atoms with Crippen LogP contribution in [0, 0.1) is 6.92 Å². The zero-order valence-corrected chi connectivity index (χ0v) is 21.2. The Bertz CT molecular complexity index is 1370. The fourth-order valence-electron chi connectivity index (χ4n) is 4.22. The predicted molar refractivity (Wildman–Crippen MR) is 135 cm³/mol. The number of rotatable bonds is 6. The molecule has 1 unspecified atom stereocenters. The van der Waals surface area contributed by atoms with Gasteiger partial charge in [0.15, 0.2) is 9.84 Å². The summed E-state index contributed by atoms with van der Waals surface area (Å²) >= 11 is 0. The molecule has 0 aromatic heterocycles. The molecule has 0 bridgehead atoms. The molecule has 8 heteroatoms. The smallest absolute Gasteiger partial charge is 0.335 e. The minimum absolute atomic E-state index is 0.0746. The van der Waals surface area contributed by atoms with Gasteiger partial charge in [-0.3, -0.25) is 0 Å². The van der Waals surface area contributed by atoms with Crippen molar-refractivity contribution in [1.29, 1.82) is 0 Å². The van der Waals surface area contributed by atoms with Crippen molar-refractivity contribution in [3.8, 4) is 0 Å². The third kappa shape index (κ3) is 5.22. The van der Waals surface area contributed by atoms with Gasteiger partial charge in [-0.2, -0.15) is 0 Å². The molecule has 35 heavy (non-hydrogen) atoms. The van der Waals surface area contributed by atoms with E-state index >= 15 is 0 Å². The van der Waals surface area contributed by atoms with E-state index in [1.54, 1.807) is 31.2 Å². The normalized spacial score (nSPS) is 13.6. The number of aromatic carboxylic acids is 1. The zero-order chi connectivity index (χ0) is 26.2. The SMILES string of the molecule is Cc1ccc(C(NC(N)=O)(c2ccc(C(=O)O)cc2)c2ccc(C(C)(C)C)cc2)cc1S(C)(=O)=O. The Hall–Kier alpha value is -3.65. The van der Waals surface area contributed by atoms with Crippen LogP contribution in [0.4, 0.5) is 4.79 Å². The van der Waals surface area contributed by atoms with E-state index in [1.165, 1.54) is 18.2 Å². The molecule has 0 radical (unpaired) electrons. The molecule has 3 aromatic carbocycles. The van der Waals surface area contributed by atoms with Crippen molar-refractivity contribution in [2.75, 3.05) is 6.26 Å². The Morgan fingerprint density at radius 3 is 1.71 bits per heavy atom. The first-order valence-electron chi connectivity index (χ1n) is 11.0. The number of amides is 2. The second-order valence-corrected chi connectivity index (χ2v) is 11.7. The highest BCUT2D eigenvalue weighted by atomic mass is 32.2. The summed E-state index contributed by atoms with van der Waals surface area (Å²) in [6, 6.07) is 17.8. The standard InChI is InChI=1S/C27H30N2O5S/c1-17-6-9-22(16-23(17)35(5,33)34)27(29-25(28)32,20-10-7-18(8-11-20)24(30)31)21-14-12-19(13-15-21)26(2,3)4/h6-16H,1-5H3,(H,30,31)(H3,28,29,32). The number of sulfone groups is 1. The Morgan fingerprint density at radius 2 is 1.29 bits per heavy atom. The van der Waals surface area contributed by atoms with Gasteiger partial charge in [0.1, 0.15) is 5.54 Å². The molecule has 0 saturated carbocycles. The molecule has 0 fully saturated rings. The molecule has 0 aliphatic rings. The zero-order valence-electron chi connectivity index (χ0n) is 20.4. The van der Waals surface area contributed by atoms with Gasteiger partial charge in [0.2, 0.25) is 0 Å². The van der Waals surface area contributed by atoms with E-state index in [0.29, 0.717) is 22.3 Å². The number of nitrogens with two attached hydrogens (primary N) is 1. The molecule has 1 atom stereocenters. The lowest BCUT2D eigenvalue weighted by Crippen LogP contribution is -2.50. The highest BCUT2D eigenvalue weighted by molar-refractivity contribution is 7.90. The first-order chi connectivity index (χ1) is 16.2. The molecule has 3 rings (SSSR count). The van der Waals surface area contributed by atoms with E-state index in [9.17, 15) is 23.1 Å². The summed E-state index contributed by atoms with van der Waals surface area (Å²) in [6.07, 6.45) is 1.13.